The molecule has 3 rings (SSSR count). The lowest BCUT2D eigenvalue weighted by atomic mass is 10.0. The fraction of sp³-hybridized carbons (Fsp3) is 0.350. The van der Waals surface area contributed by atoms with E-state index in [4.69, 9.17) is 47.3 Å². The quantitative estimate of drug-likeness (QED) is 0.187. The zero-order valence-electron chi connectivity index (χ0n) is 17.3. The zero-order chi connectivity index (χ0) is 24.9. The molecule has 9 N–H and O–H groups in total. The van der Waals surface area contributed by atoms with Crippen molar-refractivity contribution < 1.29 is 39.9 Å². The number of hydrogen-bond acceptors (Lipinski definition) is 11. The molecular weight excluding hydrogens is 462 g/mol. The Morgan fingerprint density at radius 3 is 2.36 bits per heavy atom. The number of anilines is 1. The molecular formula is C20H24ClN3O9. The van der Waals surface area contributed by atoms with E-state index in [1.54, 1.807) is 19.2 Å². The smallest absolute Gasteiger partial charge is 0.339 e. The summed E-state index contributed by atoms with van der Waals surface area (Å²) < 4.78 is 5.45. The minimum absolute atomic E-state index is 0.00711. The second-order valence-electron chi connectivity index (χ2n) is 7.01. The predicted octanol–water partition coefficient (Wildman–Crippen LogP) is -1.08. The highest BCUT2D eigenvalue weighted by atomic mass is 35.5. The number of halogens is 1. The number of aromatic carboxylic acids is 1. The topological polar surface area (TPSA) is 220 Å². The lowest BCUT2D eigenvalue weighted by Gasteiger charge is -2.25. The summed E-state index contributed by atoms with van der Waals surface area (Å²) in [5.74, 6) is -1.47. The third-order valence-corrected chi connectivity index (χ3v) is 4.86. The Hall–Kier alpha value is -2.84. The van der Waals surface area contributed by atoms with Crippen LogP contribution in [0.2, 0.25) is 5.02 Å². The Morgan fingerprint density at radius 1 is 1.15 bits per heavy atom. The van der Waals surface area contributed by atoms with Crippen LogP contribution in [0.5, 0.6) is 0 Å². The Morgan fingerprint density at radius 2 is 1.79 bits per heavy atom. The number of likely N-dealkylation sites (N-methyl/N-ethyl adjacent to an activating group) is 1. The van der Waals surface area contributed by atoms with E-state index in [0.717, 1.165) is 6.07 Å². The molecule has 180 valence electrons. The molecule has 0 radical (unpaired) electrons. The summed E-state index contributed by atoms with van der Waals surface area (Å²) >= 11 is 5.84. The van der Waals surface area contributed by atoms with Crippen LogP contribution in [0.3, 0.4) is 0 Å². The fourth-order valence-electron chi connectivity index (χ4n) is 2.83. The van der Waals surface area contributed by atoms with Crippen molar-refractivity contribution in [3.05, 3.63) is 45.1 Å². The minimum Gasteiger partial charge on any atom is -0.478 e. The van der Waals surface area contributed by atoms with Crippen molar-refractivity contribution in [1.29, 1.82) is 0 Å². The van der Waals surface area contributed by atoms with Gasteiger partial charge in [-0.1, -0.05) is 11.6 Å². The van der Waals surface area contributed by atoms with Crippen molar-refractivity contribution >= 4 is 45.5 Å². The van der Waals surface area contributed by atoms with E-state index in [0.29, 0.717) is 10.6 Å². The third-order valence-electron chi connectivity index (χ3n) is 4.62. The van der Waals surface area contributed by atoms with E-state index in [2.05, 4.69) is 10.3 Å². The number of nitrogen functional groups attached to an aromatic ring is 1. The van der Waals surface area contributed by atoms with Gasteiger partial charge in [-0.25, -0.2) is 4.79 Å². The molecule has 13 heteroatoms. The molecule has 1 aromatic carbocycles. The van der Waals surface area contributed by atoms with Crippen LogP contribution in [0.1, 0.15) is 10.4 Å². The number of pyridine rings is 1. The molecule has 0 aliphatic carbocycles. The zero-order valence-corrected chi connectivity index (χ0v) is 18.1. The van der Waals surface area contributed by atoms with Crippen LogP contribution in [0.25, 0.3) is 22.1 Å². The summed E-state index contributed by atoms with van der Waals surface area (Å²) in [6.07, 6.45) is -5.65. The first-order chi connectivity index (χ1) is 15.5. The normalized spacial score (nSPS) is 14.9. The van der Waals surface area contributed by atoms with Crippen LogP contribution < -0.4 is 16.5 Å². The SMILES string of the molecule is CNC[C@H](O)[C@@H](O)[C@H](O)[C@H](O)CO.Nc1nc2oc3ccc(Cl)cc3c(=O)c2cc1C(=O)O. The van der Waals surface area contributed by atoms with Crippen LogP contribution in [0.4, 0.5) is 5.82 Å². The molecule has 0 aliphatic heterocycles. The standard InChI is InChI=1S/C13H7ClN2O4.C7H17NO5/c14-5-1-2-9-6(3-5)10(17)7-4-8(13(18)19)11(15)16-12(7)20-9;1-8-2-4(10)6(12)7(13)5(11)3-9/h1-4H,(H2,15,16)(H,18,19);4-13H,2-3H2,1H3/t;4-,5+,6+,7+/m.0/s1. The Bertz CT molecular complexity index is 1190. The van der Waals surface area contributed by atoms with E-state index in [1.807, 2.05) is 0 Å². The summed E-state index contributed by atoms with van der Waals surface area (Å²) in [6.45, 7) is -0.569. The van der Waals surface area contributed by atoms with Gasteiger partial charge in [-0.3, -0.25) is 4.79 Å². The van der Waals surface area contributed by atoms with Crippen molar-refractivity contribution in [2.75, 3.05) is 25.9 Å². The van der Waals surface area contributed by atoms with Crippen molar-refractivity contribution in [3.63, 3.8) is 0 Å². The van der Waals surface area contributed by atoms with E-state index >= 15 is 0 Å². The van der Waals surface area contributed by atoms with Crippen molar-refractivity contribution in [2.45, 2.75) is 24.4 Å². The molecule has 3 aromatic rings. The number of carboxylic acid groups (broad SMARTS) is 1. The summed E-state index contributed by atoms with van der Waals surface area (Å²) in [4.78, 5) is 27.2. The number of hydrogen-bond donors (Lipinski definition) is 8. The molecule has 2 aromatic heterocycles. The van der Waals surface area contributed by atoms with Gasteiger partial charge in [0, 0.05) is 11.6 Å². The number of aliphatic hydroxyl groups excluding tert-OH is 5. The largest absolute Gasteiger partial charge is 0.478 e. The molecule has 0 aliphatic rings. The molecule has 4 atom stereocenters. The van der Waals surface area contributed by atoms with E-state index in [-0.39, 0.29) is 34.4 Å². The number of benzene rings is 1. The number of rotatable bonds is 7. The average molecular weight is 486 g/mol. The van der Waals surface area contributed by atoms with E-state index < -0.39 is 42.4 Å². The molecule has 0 unspecified atom stereocenters. The van der Waals surface area contributed by atoms with Gasteiger partial charge >= 0.3 is 5.97 Å². The summed E-state index contributed by atoms with van der Waals surface area (Å²) in [5, 5.41) is 57.2. The molecule has 2 heterocycles. The van der Waals surface area contributed by atoms with E-state index in [9.17, 15) is 14.7 Å². The van der Waals surface area contributed by atoms with Gasteiger partial charge in [0.1, 0.15) is 35.3 Å². The highest BCUT2D eigenvalue weighted by molar-refractivity contribution is 6.31. The van der Waals surface area contributed by atoms with Crippen molar-refractivity contribution in [2.24, 2.45) is 0 Å². The number of nitrogens with zero attached hydrogens (tertiary/aromatic N) is 1. The van der Waals surface area contributed by atoms with Gasteiger partial charge in [-0.05, 0) is 31.3 Å². The monoisotopic (exact) mass is 485 g/mol. The lowest BCUT2D eigenvalue weighted by Crippen LogP contribution is -2.48. The molecule has 0 saturated carbocycles. The lowest BCUT2D eigenvalue weighted by molar-refractivity contribution is -0.113. The van der Waals surface area contributed by atoms with Crippen LogP contribution in [-0.4, -0.2) is 86.2 Å². The number of nitrogens with one attached hydrogen (secondary N) is 1. The highest BCUT2D eigenvalue weighted by Crippen LogP contribution is 2.23. The maximum atomic E-state index is 12.3. The highest BCUT2D eigenvalue weighted by Gasteiger charge is 2.29. The summed E-state index contributed by atoms with van der Waals surface area (Å²) in [7, 11) is 1.57. The third kappa shape index (κ3) is 6.15. The summed E-state index contributed by atoms with van der Waals surface area (Å²) in [5.41, 5.74) is 5.18. The van der Waals surface area contributed by atoms with Crippen LogP contribution in [0.15, 0.2) is 33.5 Å². The first-order valence-electron chi connectivity index (χ1n) is 9.55. The van der Waals surface area contributed by atoms with Crippen LogP contribution in [-0.2, 0) is 0 Å². The molecule has 0 spiro atoms. The fourth-order valence-corrected chi connectivity index (χ4v) is 3.00. The first-order valence-corrected chi connectivity index (χ1v) is 9.93. The second-order valence-corrected chi connectivity index (χ2v) is 7.44. The molecule has 0 bridgehead atoms. The molecule has 0 fully saturated rings. The molecule has 12 nitrogen and oxygen atoms in total. The molecule has 0 saturated heterocycles. The maximum absolute atomic E-state index is 12.3. The van der Waals surface area contributed by atoms with Crippen molar-refractivity contribution in [1.82, 2.24) is 10.3 Å². The Kier molecular flexibility index (Phi) is 9.07. The van der Waals surface area contributed by atoms with Gasteiger partial charge in [-0.15, -0.1) is 0 Å². The number of carbonyl (C=O) groups is 1. The van der Waals surface area contributed by atoms with Crippen LogP contribution in [0, 0.1) is 0 Å². The summed E-state index contributed by atoms with van der Waals surface area (Å²) in [6, 6.07) is 5.74. The average Bonchev–Trinajstić information content (AvgIpc) is 2.78. The Labute approximate surface area is 191 Å². The van der Waals surface area contributed by atoms with E-state index in [1.165, 1.54) is 6.07 Å². The van der Waals surface area contributed by atoms with Crippen molar-refractivity contribution in [3.8, 4) is 0 Å². The number of nitrogens with two attached hydrogens (primary N) is 1. The molecule has 33 heavy (non-hydrogen) atoms. The first kappa shape index (κ1) is 26.4. The molecule has 0 amide bonds. The number of carboxylic acids is 1. The number of aliphatic hydroxyl groups is 5. The van der Waals surface area contributed by atoms with Gasteiger partial charge < -0.3 is 46.1 Å². The van der Waals surface area contributed by atoms with Crippen LogP contribution >= 0.6 is 11.6 Å². The van der Waals surface area contributed by atoms with Gasteiger partial charge in [0.15, 0.2) is 0 Å². The van der Waals surface area contributed by atoms with Gasteiger partial charge in [0.2, 0.25) is 11.1 Å². The minimum atomic E-state index is -1.55. The second kappa shape index (κ2) is 11.3. The van der Waals surface area contributed by atoms with Gasteiger partial charge in [0.05, 0.1) is 23.5 Å². The predicted molar refractivity (Wildman–Crippen MR) is 119 cm³/mol. The number of fused-ring (bicyclic) bond motifs is 2. The number of aromatic nitrogens is 1. The Balaban J connectivity index is 0.000000260. The van der Waals surface area contributed by atoms with Gasteiger partial charge in [0.25, 0.3) is 0 Å². The van der Waals surface area contributed by atoms with Gasteiger partial charge in [-0.2, -0.15) is 4.98 Å². The maximum Gasteiger partial charge on any atom is 0.339 e.